The lowest BCUT2D eigenvalue weighted by atomic mass is 10.3. The normalized spacial score (nSPS) is 16.7. The number of hydrogen-bond donors (Lipinski definition) is 2. The summed E-state index contributed by atoms with van der Waals surface area (Å²) in [5.74, 6) is 0.595. The van der Waals surface area contributed by atoms with E-state index in [0.29, 0.717) is 38.7 Å². The molecule has 0 aromatic rings. The molecule has 0 rings (SSSR count). The van der Waals surface area contributed by atoms with Crippen LogP contribution in [0.25, 0.3) is 0 Å². The first-order valence-corrected chi connectivity index (χ1v) is 7.66. The summed E-state index contributed by atoms with van der Waals surface area (Å²) in [6.45, 7) is 6.36. The van der Waals surface area contributed by atoms with Crippen LogP contribution in [0, 0.1) is 0 Å². The SMILES string of the molecule is CCOCCOCC(O)CNC(C)CS(C)=O. The van der Waals surface area contributed by atoms with Crippen LogP contribution in [0.15, 0.2) is 0 Å². The van der Waals surface area contributed by atoms with E-state index in [9.17, 15) is 9.32 Å². The average Bonchev–Trinajstić information content (AvgIpc) is 2.25. The van der Waals surface area contributed by atoms with Gasteiger partial charge in [0.25, 0.3) is 0 Å². The van der Waals surface area contributed by atoms with Gasteiger partial charge in [0.2, 0.25) is 0 Å². The van der Waals surface area contributed by atoms with Crippen LogP contribution >= 0.6 is 0 Å². The second kappa shape index (κ2) is 11.1. The minimum Gasteiger partial charge on any atom is -0.389 e. The number of nitrogens with one attached hydrogen (secondary N) is 1. The van der Waals surface area contributed by atoms with Crippen LogP contribution < -0.4 is 5.32 Å². The van der Waals surface area contributed by atoms with Gasteiger partial charge in [0.1, 0.15) is 0 Å². The molecule has 0 heterocycles. The quantitative estimate of drug-likeness (QED) is 0.506. The Hall–Kier alpha value is -0.0100. The molecule has 0 aliphatic carbocycles. The van der Waals surface area contributed by atoms with E-state index in [0.717, 1.165) is 0 Å². The third-order valence-corrected chi connectivity index (χ3v) is 3.04. The van der Waals surface area contributed by atoms with Gasteiger partial charge >= 0.3 is 0 Å². The van der Waals surface area contributed by atoms with Crippen LogP contribution in [0.3, 0.4) is 0 Å². The highest BCUT2D eigenvalue weighted by molar-refractivity contribution is 7.84. The van der Waals surface area contributed by atoms with Crippen molar-refractivity contribution in [3.63, 3.8) is 0 Å². The Morgan fingerprint density at radius 1 is 1.35 bits per heavy atom. The Bertz CT molecular complexity index is 204. The topological polar surface area (TPSA) is 67.8 Å². The van der Waals surface area contributed by atoms with E-state index >= 15 is 0 Å². The summed E-state index contributed by atoms with van der Waals surface area (Å²) in [6.07, 6.45) is 1.13. The van der Waals surface area contributed by atoms with E-state index in [4.69, 9.17) is 9.47 Å². The monoisotopic (exact) mass is 267 g/mol. The molecule has 2 N–H and O–H groups in total. The summed E-state index contributed by atoms with van der Waals surface area (Å²) >= 11 is 0. The molecule has 0 spiro atoms. The molecule has 6 heteroatoms. The Labute approximate surface area is 106 Å². The van der Waals surface area contributed by atoms with Gasteiger partial charge in [-0.2, -0.15) is 0 Å². The first-order chi connectivity index (χ1) is 8.06. The van der Waals surface area contributed by atoms with Gasteiger partial charge in [0, 0.05) is 42.0 Å². The van der Waals surface area contributed by atoms with E-state index in [1.165, 1.54) is 0 Å². The predicted octanol–water partition coefficient (Wildman–Crippen LogP) is -0.243. The van der Waals surface area contributed by atoms with E-state index in [-0.39, 0.29) is 6.04 Å². The van der Waals surface area contributed by atoms with Crippen LogP contribution in [0.2, 0.25) is 0 Å². The smallest absolute Gasteiger partial charge is 0.0897 e. The summed E-state index contributed by atoms with van der Waals surface area (Å²) in [4.78, 5) is 0. The van der Waals surface area contributed by atoms with Crippen molar-refractivity contribution in [3.8, 4) is 0 Å². The number of ether oxygens (including phenoxy) is 2. The van der Waals surface area contributed by atoms with Gasteiger partial charge in [0.05, 0.1) is 25.9 Å². The highest BCUT2D eigenvalue weighted by Crippen LogP contribution is 1.89. The van der Waals surface area contributed by atoms with Gasteiger partial charge in [-0.15, -0.1) is 0 Å². The summed E-state index contributed by atoms with van der Waals surface area (Å²) < 4.78 is 21.3. The average molecular weight is 267 g/mol. The fraction of sp³-hybridized carbons (Fsp3) is 1.00. The maximum Gasteiger partial charge on any atom is 0.0897 e. The van der Waals surface area contributed by atoms with Crippen molar-refractivity contribution in [1.82, 2.24) is 5.32 Å². The summed E-state index contributed by atoms with van der Waals surface area (Å²) in [7, 11) is -0.811. The van der Waals surface area contributed by atoms with Crippen LogP contribution in [0.1, 0.15) is 13.8 Å². The van der Waals surface area contributed by atoms with Crippen molar-refractivity contribution in [3.05, 3.63) is 0 Å². The number of rotatable bonds is 11. The van der Waals surface area contributed by atoms with Gasteiger partial charge in [-0.05, 0) is 13.8 Å². The molecule has 0 bridgehead atoms. The maximum atomic E-state index is 10.9. The third-order valence-electron chi connectivity index (χ3n) is 2.07. The molecule has 0 aliphatic heterocycles. The molecule has 104 valence electrons. The molecule has 0 fully saturated rings. The summed E-state index contributed by atoms with van der Waals surface area (Å²) in [5.41, 5.74) is 0. The van der Waals surface area contributed by atoms with Crippen molar-refractivity contribution in [2.24, 2.45) is 0 Å². The largest absolute Gasteiger partial charge is 0.389 e. The van der Waals surface area contributed by atoms with Gasteiger partial charge in [-0.1, -0.05) is 0 Å². The standard InChI is InChI=1S/C11H25NO4S/c1-4-15-5-6-16-8-11(13)7-12-10(2)9-17(3)14/h10-13H,4-9H2,1-3H3. The molecular formula is C11H25NO4S. The van der Waals surface area contributed by atoms with E-state index < -0.39 is 16.9 Å². The molecule has 3 atom stereocenters. The highest BCUT2D eigenvalue weighted by atomic mass is 32.2. The number of hydrogen-bond acceptors (Lipinski definition) is 5. The predicted molar refractivity (Wildman–Crippen MR) is 69.7 cm³/mol. The van der Waals surface area contributed by atoms with Crippen molar-refractivity contribution in [1.29, 1.82) is 0 Å². The minimum atomic E-state index is -0.811. The third kappa shape index (κ3) is 12.2. The molecule has 0 radical (unpaired) electrons. The van der Waals surface area contributed by atoms with Gasteiger partial charge in [-0.25, -0.2) is 0 Å². The molecule has 0 saturated carbocycles. The fourth-order valence-electron chi connectivity index (χ4n) is 1.29. The van der Waals surface area contributed by atoms with E-state index in [1.807, 2.05) is 13.8 Å². The molecule has 0 aliphatic rings. The molecule has 17 heavy (non-hydrogen) atoms. The fourth-order valence-corrected chi connectivity index (χ4v) is 2.11. The van der Waals surface area contributed by atoms with Gasteiger partial charge < -0.3 is 19.9 Å². The highest BCUT2D eigenvalue weighted by Gasteiger charge is 2.08. The van der Waals surface area contributed by atoms with Crippen LogP contribution in [0.4, 0.5) is 0 Å². The zero-order valence-corrected chi connectivity index (χ0v) is 11.8. The number of aliphatic hydroxyl groups excluding tert-OH is 1. The zero-order valence-electron chi connectivity index (χ0n) is 11.0. The summed E-state index contributed by atoms with van der Waals surface area (Å²) in [6, 6.07) is 0.138. The number of aliphatic hydroxyl groups is 1. The van der Waals surface area contributed by atoms with Crippen LogP contribution in [-0.2, 0) is 20.3 Å². The molecule has 0 aromatic heterocycles. The van der Waals surface area contributed by atoms with E-state index in [1.54, 1.807) is 6.26 Å². The molecule has 3 unspecified atom stereocenters. The lowest BCUT2D eigenvalue weighted by Crippen LogP contribution is -2.38. The first-order valence-electron chi connectivity index (χ1n) is 5.93. The van der Waals surface area contributed by atoms with Crippen molar-refractivity contribution in [2.45, 2.75) is 26.0 Å². The van der Waals surface area contributed by atoms with Crippen molar-refractivity contribution < 1.29 is 18.8 Å². The second-order valence-corrected chi connectivity index (χ2v) is 5.45. The lowest BCUT2D eigenvalue weighted by Gasteiger charge is -2.16. The van der Waals surface area contributed by atoms with Gasteiger partial charge in [-0.3, -0.25) is 4.21 Å². The molecule has 0 saturated heterocycles. The summed E-state index contributed by atoms with van der Waals surface area (Å²) in [5, 5.41) is 12.7. The second-order valence-electron chi connectivity index (χ2n) is 3.97. The Morgan fingerprint density at radius 3 is 2.59 bits per heavy atom. The molecule has 0 aromatic carbocycles. The Balaban J connectivity index is 3.39. The van der Waals surface area contributed by atoms with Crippen LogP contribution in [-0.4, -0.2) is 66.4 Å². The van der Waals surface area contributed by atoms with Crippen LogP contribution in [0.5, 0.6) is 0 Å². The zero-order chi connectivity index (χ0) is 13.1. The lowest BCUT2D eigenvalue weighted by molar-refractivity contribution is 0.00604. The van der Waals surface area contributed by atoms with Crippen molar-refractivity contribution in [2.75, 3.05) is 45.0 Å². The Kier molecular flexibility index (Phi) is 11.1. The molecular weight excluding hydrogens is 242 g/mol. The van der Waals surface area contributed by atoms with Gasteiger partial charge in [0.15, 0.2) is 0 Å². The molecule has 5 nitrogen and oxygen atoms in total. The van der Waals surface area contributed by atoms with E-state index in [2.05, 4.69) is 5.32 Å². The Morgan fingerprint density at radius 2 is 2.00 bits per heavy atom. The first kappa shape index (κ1) is 17.0. The maximum absolute atomic E-state index is 10.9. The molecule has 0 amide bonds. The van der Waals surface area contributed by atoms with Crippen molar-refractivity contribution >= 4 is 10.8 Å². The minimum absolute atomic E-state index is 0.138.